The zero-order chi connectivity index (χ0) is 20.3. The highest BCUT2D eigenvalue weighted by molar-refractivity contribution is 7.86. The van der Waals surface area contributed by atoms with Crippen LogP contribution >= 0.6 is 11.3 Å². The van der Waals surface area contributed by atoms with Crippen LogP contribution in [-0.2, 0) is 21.4 Å². The fourth-order valence-corrected chi connectivity index (χ4v) is 6.33. The van der Waals surface area contributed by atoms with Gasteiger partial charge in [0.05, 0.1) is 17.1 Å². The molecule has 9 heteroatoms. The predicted molar refractivity (Wildman–Crippen MR) is 112 cm³/mol. The maximum absolute atomic E-state index is 13.0. The SMILES string of the molecule is CC(C)c1nc(CC(=O)N2CCN(S(=O)(=O)N(C)C3CCCCC3)CC2)cs1. The predicted octanol–water partition coefficient (Wildman–Crippen LogP) is 2.46. The van der Waals surface area contributed by atoms with Gasteiger partial charge in [0.1, 0.15) is 0 Å². The molecule has 0 spiro atoms. The molecule has 28 heavy (non-hydrogen) atoms. The van der Waals surface area contributed by atoms with Crippen LogP contribution in [0.4, 0.5) is 0 Å². The Morgan fingerprint density at radius 2 is 1.86 bits per heavy atom. The van der Waals surface area contributed by atoms with E-state index in [1.54, 1.807) is 27.6 Å². The van der Waals surface area contributed by atoms with Crippen molar-refractivity contribution >= 4 is 27.5 Å². The molecule has 0 aromatic carbocycles. The summed E-state index contributed by atoms with van der Waals surface area (Å²) in [7, 11) is -1.75. The van der Waals surface area contributed by atoms with Gasteiger partial charge in [0, 0.05) is 50.6 Å². The first-order chi connectivity index (χ1) is 13.3. The van der Waals surface area contributed by atoms with E-state index in [9.17, 15) is 13.2 Å². The van der Waals surface area contributed by atoms with Crippen molar-refractivity contribution in [3.05, 3.63) is 16.1 Å². The van der Waals surface area contributed by atoms with Crippen LogP contribution < -0.4 is 0 Å². The summed E-state index contributed by atoms with van der Waals surface area (Å²) in [5.74, 6) is 0.391. The van der Waals surface area contributed by atoms with Crippen LogP contribution in [0.25, 0.3) is 0 Å². The Morgan fingerprint density at radius 1 is 1.21 bits per heavy atom. The minimum absolute atomic E-state index is 0.0262. The van der Waals surface area contributed by atoms with Crippen LogP contribution in [0.15, 0.2) is 5.38 Å². The quantitative estimate of drug-likeness (QED) is 0.698. The number of carbonyl (C=O) groups is 1. The van der Waals surface area contributed by atoms with E-state index in [0.29, 0.717) is 32.1 Å². The Balaban J connectivity index is 1.53. The van der Waals surface area contributed by atoms with Crippen molar-refractivity contribution in [1.29, 1.82) is 0 Å². The van der Waals surface area contributed by atoms with Gasteiger partial charge in [0.2, 0.25) is 5.91 Å². The average Bonchev–Trinajstić information content (AvgIpc) is 3.17. The number of amides is 1. The van der Waals surface area contributed by atoms with Crippen LogP contribution in [0.5, 0.6) is 0 Å². The van der Waals surface area contributed by atoms with Crippen LogP contribution in [0, 0.1) is 0 Å². The smallest absolute Gasteiger partial charge is 0.282 e. The zero-order valence-electron chi connectivity index (χ0n) is 17.1. The molecule has 1 saturated heterocycles. The van der Waals surface area contributed by atoms with E-state index in [-0.39, 0.29) is 18.4 Å². The molecule has 0 atom stereocenters. The number of carbonyl (C=O) groups excluding carboxylic acids is 1. The number of hydrogen-bond donors (Lipinski definition) is 0. The molecule has 1 aromatic rings. The molecule has 0 unspecified atom stereocenters. The highest BCUT2D eigenvalue weighted by Gasteiger charge is 2.35. The van der Waals surface area contributed by atoms with E-state index >= 15 is 0 Å². The normalized spacial score (nSPS) is 20.2. The van der Waals surface area contributed by atoms with Crippen LogP contribution in [-0.4, -0.2) is 72.1 Å². The number of rotatable bonds is 6. The van der Waals surface area contributed by atoms with Crippen molar-refractivity contribution in [2.45, 2.75) is 64.3 Å². The van der Waals surface area contributed by atoms with Gasteiger partial charge in [-0.3, -0.25) is 4.79 Å². The third-order valence-electron chi connectivity index (χ3n) is 5.77. The van der Waals surface area contributed by atoms with Gasteiger partial charge < -0.3 is 4.90 Å². The van der Waals surface area contributed by atoms with Crippen LogP contribution in [0.1, 0.15) is 62.6 Å². The molecule has 1 amide bonds. The molecule has 0 N–H and O–H groups in total. The van der Waals surface area contributed by atoms with Gasteiger partial charge in [-0.25, -0.2) is 4.98 Å². The summed E-state index contributed by atoms with van der Waals surface area (Å²) in [5, 5.41) is 3.00. The van der Waals surface area contributed by atoms with Crippen molar-refractivity contribution in [2.75, 3.05) is 33.2 Å². The van der Waals surface area contributed by atoms with Crippen LogP contribution in [0.2, 0.25) is 0 Å². The Labute approximate surface area is 172 Å². The summed E-state index contributed by atoms with van der Waals surface area (Å²) in [6.07, 6.45) is 5.57. The highest BCUT2D eigenvalue weighted by Crippen LogP contribution is 2.25. The lowest BCUT2D eigenvalue weighted by Crippen LogP contribution is -2.55. The Morgan fingerprint density at radius 3 is 2.43 bits per heavy atom. The van der Waals surface area contributed by atoms with Gasteiger partial charge in [-0.2, -0.15) is 17.0 Å². The molecular formula is C19H32N4O3S2. The molecule has 1 saturated carbocycles. The molecule has 7 nitrogen and oxygen atoms in total. The Bertz CT molecular complexity index is 764. The minimum atomic E-state index is -3.46. The lowest BCUT2D eigenvalue weighted by atomic mass is 9.96. The number of aromatic nitrogens is 1. The molecule has 2 aliphatic rings. The molecule has 1 aromatic heterocycles. The van der Waals surface area contributed by atoms with E-state index in [1.807, 2.05) is 5.38 Å². The minimum Gasteiger partial charge on any atom is -0.340 e. The lowest BCUT2D eigenvalue weighted by molar-refractivity contribution is -0.131. The number of hydrogen-bond acceptors (Lipinski definition) is 5. The topological polar surface area (TPSA) is 73.8 Å². The molecule has 2 heterocycles. The maximum Gasteiger partial charge on any atom is 0.282 e. The van der Waals surface area contributed by atoms with E-state index < -0.39 is 10.2 Å². The van der Waals surface area contributed by atoms with Gasteiger partial charge in [0.25, 0.3) is 10.2 Å². The average molecular weight is 429 g/mol. The standard InChI is InChI=1S/C19H32N4O3S2/c1-15(2)19-20-16(14-27-19)13-18(24)22-9-11-23(12-10-22)28(25,26)21(3)17-7-5-4-6-8-17/h14-15,17H,4-13H2,1-3H3. The van der Waals surface area contributed by atoms with E-state index in [0.717, 1.165) is 36.4 Å². The maximum atomic E-state index is 13.0. The monoisotopic (exact) mass is 428 g/mol. The number of thiazole rings is 1. The molecule has 3 rings (SSSR count). The van der Waals surface area contributed by atoms with Crippen molar-refractivity contribution in [1.82, 2.24) is 18.5 Å². The van der Waals surface area contributed by atoms with Crippen molar-refractivity contribution < 1.29 is 13.2 Å². The molecule has 0 radical (unpaired) electrons. The molecule has 0 bridgehead atoms. The summed E-state index contributed by atoms with van der Waals surface area (Å²) in [5.41, 5.74) is 0.811. The third kappa shape index (κ3) is 4.93. The number of piperazine rings is 1. The Hall–Kier alpha value is -1.03. The molecule has 158 valence electrons. The highest BCUT2D eigenvalue weighted by atomic mass is 32.2. The summed E-state index contributed by atoms with van der Waals surface area (Å²) in [4.78, 5) is 18.9. The fraction of sp³-hybridized carbons (Fsp3) is 0.789. The van der Waals surface area contributed by atoms with E-state index in [4.69, 9.17) is 0 Å². The van der Waals surface area contributed by atoms with E-state index in [2.05, 4.69) is 18.8 Å². The summed E-state index contributed by atoms with van der Waals surface area (Å²) < 4.78 is 29.0. The van der Waals surface area contributed by atoms with Crippen molar-refractivity contribution in [2.24, 2.45) is 0 Å². The van der Waals surface area contributed by atoms with Crippen molar-refractivity contribution in [3.63, 3.8) is 0 Å². The van der Waals surface area contributed by atoms with Gasteiger partial charge >= 0.3 is 0 Å². The first-order valence-electron chi connectivity index (χ1n) is 10.2. The van der Waals surface area contributed by atoms with Gasteiger partial charge in [-0.15, -0.1) is 11.3 Å². The van der Waals surface area contributed by atoms with E-state index in [1.165, 1.54) is 10.7 Å². The fourth-order valence-electron chi connectivity index (χ4n) is 3.92. The summed E-state index contributed by atoms with van der Waals surface area (Å²) in [6.45, 7) is 5.79. The molecule has 2 fully saturated rings. The summed E-state index contributed by atoms with van der Waals surface area (Å²) in [6, 6.07) is 0.109. The molecule has 1 aliphatic carbocycles. The van der Waals surface area contributed by atoms with Crippen LogP contribution in [0.3, 0.4) is 0 Å². The molecule has 1 aliphatic heterocycles. The largest absolute Gasteiger partial charge is 0.340 e. The van der Waals surface area contributed by atoms with Gasteiger partial charge in [-0.1, -0.05) is 33.1 Å². The lowest BCUT2D eigenvalue weighted by Gasteiger charge is -2.38. The summed E-state index contributed by atoms with van der Waals surface area (Å²) >= 11 is 1.59. The second kappa shape index (κ2) is 9.19. The molecular weight excluding hydrogens is 396 g/mol. The second-order valence-electron chi connectivity index (χ2n) is 8.10. The van der Waals surface area contributed by atoms with Crippen molar-refractivity contribution in [3.8, 4) is 0 Å². The first kappa shape index (κ1) is 21.7. The second-order valence-corrected chi connectivity index (χ2v) is 11.0. The van der Waals surface area contributed by atoms with Gasteiger partial charge in [0.15, 0.2) is 0 Å². The first-order valence-corrected chi connectivity index (χ1v) is 12.5. The van der Waals surface area contributed by atoms with Gasteiger partial charge in [-0.05, 0) is 12.8 Å². The third-order valence-corrected chi connectivity index (χ3v) is 9.00. The Kier molecular flexibility index (Phi) is 7.12. The zero-order valence-corrected chi connectivity index (χ0v) is 18.8. The number of nitrogens with zero attached hydrogens (tertiary/aromatic N) is 4.